The summed E-state index contributed by atoms with van der Waals surface area (Å²) in [5.74, 6) is -1.25. The number of aryl methyl sites for hydroxylation is 1. The van der Waals surface area contributed by atoms with E-state index in [1.165, 1.54) is 53.8 Å². The number of ether oxygens (including phenoxy) is 1. The molecule has 0 fully saturated rings. The SMILES string of the molecule is N#C/C(=C\c1ccc(OCC(=O)Nc2ccc(F)cc2)c(Cl)c1)C(=O)Nc1sc2c(c1C#N)CCCC2. The quantitative estimate of drug-likeness (QED) is 0.291. The van der Waals surface area contributed by atoms with E-state index in [9.17, 15) is 24.5 Å². The standard InChI is InChI=1S/C27H20ClFN4O3S/c28-22-12-16(5-10-23(22)36-15-25(34)32-19-8-6-18(29)7-9-19)11-17(13-30)26(35)33-27-21(14-31)20-3-1-2-4-24(20)37-27/h5-12H,1-4,15H2,(H,32,34)(H,33,35)/b17-11+. The van der Waals surface area contributed by atoms with Gasteiger partial charge in [0.2, 0.25) is 0 Å². The lowest BCUT2D eigenvalue weighted by Crippen LogP contribution is -2.20. The number of anilines is 2. The van der Waals surface area contributed by atoms with Gasteiger partial charge in [0.25, 0.3) is 11.8 Å². The summed E-state index contributed by atoms with van der Waals surface area (Å²) in [5, 5.41) is 25.1. The minimum absolute atomic E-state index is 0.154. The average molecular weight is 535 g/mol. The lowest BCUT2D eigenvalue weighted by atomic mass is 9.96. The predicted octanol–water partition coefficient (Wildman–Crippen LogP) is 5.85. The normalized spacial score (nSPS) is 12.6. The van der Waals surface area contributed by atoms with Crippen molar-refractivity contribution in [2.75, 3.05) is 17.2 Å². The molecule has 2 N–H and O–H groups in total. The number of nitrogens with zero attached hydrogens (tertiary/aromatic N) is 2. The molecule has 3 aromatic rings. The van der Waals surface area contributed by atoms with Crippen LogP contribution in [0.5, 0.6) is 5.75 Å². The Hall–Kier alpha value is -4.18. The second-order valence-corrected chi connectivity index (χ2v) is 9.70. The van der Waals surface area contributed by atoms with E-state index in [-0.39, 0.29) is 23.0 Å². The summed E-state index contributed by atoms with van der Waals surface area (Å²) in [6.45, 7) is -0.329. The van der Waals surface area contributed by atoms with Gasteiger partial charge in [0.15, 0.2) is 6.61 Å². The first-order chi connectivity index (χ1) is 17.9. The first-order valence-electron chi connectivity index (χ1n) is 11.3. The molecule has 10 heteroatoms. The number of hydrogen-bond donors (Lipinski definition) is 2. The Morgan fingerprint density at radius 1 is 1.11 bits per heavy atom. The van der Waals surface area contributed by atoms with E-state index < -0.39 is 17.6 Å². The molecule has 4 rings (SSSR count). The summed E-state index contributed by atoms with van der Waals surface area (Å²) in [5.41, 5.74) is 2.21. The average Bonchev–Trinajstić information content (AvgIpc) is 3.24. The minimum atomic E-state index is -0.619. The fourth-order valence-corrected chi connectivity index (χ4v) is 5.33. The van der Waals surface area contributed by atoms with Crippen LogP contribution in [-0.4, -0.2) is 18.4 Å². The molecule has 1 aromatic heterocycles. The van der Waals surface area contributed by atoms with Gasteiger partial charge in [-0.2, -0.15) is 10.5 Å². The zero-order chi connectivity index (χ0) is 26.4. The smallest absolute Gasteiger partial charge is 0.266 e. The van der Waals surface area contributed by atoms with Crippen molar-refractivity contribution in [3.63, 3.8) is 0 Å². The topological polar surface area (TPSA) is 115 Å². The van der Waals surface area contributed by atoms with Crippen molar-refractivity contribution in [1.82, 2.24) is 0 Å². The van der Waals surface area contributed by atoms with Crippen molar-refractivity contribution >= 4 is 51.5 Å². The van der Waals surface area contributed by atoms with Crippen LogP contribution in [0.15, 0.2) is 48.0 Å². The third-order valence-corrected chi connectivity index (χ3v) is 7.13. The summed E-state index contributed by atoms with van der Waals surface area (Å²) >= 11 is 7.66. The Morgan fingerprint density at radius 3 is 2.57 bits per heavy atom. The molecule has 0 atom stereocenters. The Morgan fingerprint density at radius 2 is 1.86 bits per heavy atom. The molecule has 2 amide bonds. The molecule has 0 saturated carbocycles. The van der Waals surface area contributed by atoms with Crippen LogP contribution in [0.4, 0.5) is 15.1 Å². The van der Waals surface area contributed by atoms with Crippen LogP contribution in [0.1, 0.15) is 34.4 Å². The van der Waals surface area contributed by atoms with Gasteiger partial charge >= 0.3 is 0 Å². The van der Waals surface area contributed by atoms with Crippen LogP contribution in [0.25, 0.3) is 6.08 Å². The van der Waals surface area contributed by atoms with E-state index in [1.807, 2.05) is 6.07 Å². The van der Waals surface area contributed by atoms with Gasteiger partial charge in [0.1, 0.15) is 34.3 Å². The van der Waals surface area contributed by atoms with E-state index in [0.29, 0.717) is 21.8 Å². The summed E-state index contributed by atoms with van der Waals surface area (Å²) in [7, 11) is 0. The van der Waals surface area contributed by atoms with Crippen LogP contribution >= 0.6 is 22.9 Å². The van der Waals surface area contributed by atoms with Gasteiger partial charge in [-0.05, 0) is 79.3 Å². The molecule has 0 spiro atoms. The number of amides is 2. The van der Waals surface area contributed by atoms with Gasteiger partial charge in [-0.3, -0.25) is 9.59 Å². The lowest BCUT2D eigenvalue weighted by Gasteiger charge is -2.10. The molecule has 2 aromatic carbocycles. The van der Waals surface area contributed by atoms with E-state index in [2.05, 4.69) is 16.7 Å². The van der Waals surface area contributed by atoms with Crippen LogP contribution in [0, 0.1) is 28.5 Å². The molecule has 37 heavy (non-hydrogen) atoms. The predicted molar refractivity (Wildman–Crippen MR) is 140 cm³/mol. The molecular formula is C27H20ClFN4O3S. The van der Waals surface area contributed by atoms with Gasteiger partial charge in [-0.1, -0.05) is 17.7 Å². The Kier molecular flexibility index (Phi) is 8.19. The van der Waals surface area contributed by atoms with Gasteiger partial charge in [-0.25, -0.2) is 4.39 Å². The van der Waals surface area contributed by atoms with Crippen molar-refractivity contribution in [3.05, 3.63) is 80.4 Å². The molecule has 0 aliphatic heterocycles. The fourth-order valence-electron chi connectivity index (χ4n) is 3.86. The third-order valence-electron chi connectivity index (χ3n) is 5.63. The molecule has 0 bridgehead atoms. The largest absolute Gasteiger partial charge is 0.482 e. The summed E-state index contributed by atoms with van der Waals surface area (Å²) in [6.07, 6.45) is 5.13. The molecule has 1 heterocycles. The number of halogens is 2. The molecule has 186 valence electrons. The first-order valence-corrected chi connectivity index (χ1v) is 12.5. The van der Waals surface area contributed by atoms with Crippen LogP contribution in [0.2, 0.25) is 5.02 Å². The molecule has 0 unspecified atom stereocenters. The van der Waals surface area contributed by atoms with E-state index in [0.717, 1.165) is 36.1 Å². The van der Waals surface area contributed by atoms with Gasteiger partial charge < -0.3 is 15.4 Å². The van der Waals surface area contributed by atoms with Crippen molar-refractivity contribution in [3.8, 4) is 17.9 Å². The number of nitriles is 2. The van der Waals surface area contributed by atoms with Crippen LogP contribution in [0.3, 0.4) is 0 Å². The molecular weight excluding hydrogens is 515 g/mol. The molecule has 0 radical (unpaired) electrons. The van der Waals surface area contributed by atoms with Gasteiger partial charge in [-0.15, -0.1) is 11.3 Å². The number of nitrogens with one attached hydrogen (secondary N) is 2. The van der Waals surface area contributed by atoms with Crippen molar-refractivity contribution in [2.45, 2.75) is 25.7 Å². The second kappa shape index (κ2) is 11.7. The zero-order valence-electron chi connectivity index (χ0n) is 19.4. The highest BCUT2D eigenvalue weighted by molar-refractivity contribution is 7.16. The van der Waals surface area contributed by atoms with Crippen LogP contribution < -0.4 is 15.4 Å². The zero-order valence-corrected chi connectivity index (χ0v) is 21.0. The highest BCUT2D eigenvalue weighted by atomic mass is 35.5. The Labute approximate surface area is 221 Å². The maximum absolute atomic E-state index is 13.0. The number of carbonyl (C=O) groups is 2. The molecule has 1 aliphatic carbocycles. The monoisotopic (exact) mass is 534 g/mol. The highest BCUT2D eigenvalue weighted by Crippen LogP contribution is 2.37. The lowest BCUT2D eigenvalue weighted by molar-refractivity contribution is -0.118. The second-order valence-electron chi connectivity index (χ2n) is 8.18. The minimum Gasteiger partial charge on any atom is -0.482 e. The van der Waals surface area contributed by atoms with Crippen molar-refractivity contribution in [2.24, 2.45) is 0 Å². The Balaban J connectivity index is 1.41. The number of benzene rings is 2. The summed E-state index contributed by atoms with van der Waals surface area (Å²) in [6, 6.07) is 14.0. The number of rotatable bonds is 7. The van der Waals surface area contributed by atoms with E-state index in [1.54, 1.807) is 6.07 Å². The molecule has 1 aliphatic rings. The van der Waals surface area contributed by atoms with Gasteiger partial charge in [0, 0.05) is 10.6 Å². The molecule has 7 nitrogen and oxygen atoms in total. The number of fused-ring (bicyclic) bond motifs is 1. The fraction of sp³-hybridized carbons (Fsp3) is 0.185. The van der Waals surface area contributed by atoms with E-state index in [4.69, 9.17) is 16.3 Å². The highest BCUT2D eigenvalue weighted by Gasteiger charge is 2.22. The van der Waals surface area contributed by atoms with E-state index >= 15 is 0 Å². The summed E-state index contributed by atoms with van der Waals surface area (Å²) in [4.78, 5) is 26.0. The maximum atomic E-state index is 13.0. The number of hydrogen-bond acceptors (Lipinski definition) is 6. The van der Waals surface area contributed by atoms with Crippen molar-refractivity contribution < 1.29 is 18.7 Å². The van der Waals surface area contributed by atoms with Gasteiger partial charge in [0.05, 0.1) is 10.6 Å². The first kappa shape index (κ1) is 25.9. The number of thiophene rings is 1. The van der Waals surface area contributed by atoms with Crippen LogP contribution in [-0.2, 0) is 22.4 Å². The third kappa shape index (κ3) is 6.34. The molecule has 0 saturated heterocycles. The van der Waals surface area contributed by atoms with Crippen molar-refractivity contribution in [1.29, 1.82) is 10.5 Å². The maximum Gasteiger partial charge on any atom is 0.266 e. The summed E-state index contributed by atoms with van der Waals surface area (Å²) < 4.78 is 18.4. The Bertz CT molecular complexity index is 1470. The number of carbonyl (C=O) groups excluding carboxylic acids is 2.